The first-order chi connectivity index (χ1) is 9.56. The monoisotopic (exact) mass is 276 g/mol. The number of non-ortho nitro benzene ring substituents is 1. The molecule has 1 saturated heterocycles. The molecule has 5 heteroatoms. The second-order valence-corrected chi connectivity index (χ2v) is 5.45. The Bertz CT molecular complexity index is 484. The number of rotatable bonds is 5. The molecular weight excluding hydrogens is 256 g/mol. The maximum atomic E-state index is 11.3. The molecule has 20 heavy (non-hydrogen) atoms. The number of hydrogen-bond acceptors (Lipinski definition) is 4. The number of nitrogens with zero attached hydrogens (tertiary/aromatic N) is 2. The Balaban J connectivity index is 2.02. The Morgan fingerprint density at radius 2 is 2.05 bits per heavy atom. The van der Waals surface area contributed by atoms with Crippen molar-refractivity contribution >= 4 is 11.5 Å². The minimum atomic E-state index is -0.386. The van der Waals surface area contributed by atoms with Gasteiger partial charge in [0.1, 0.15) is 5.78 Å². The van der Waals surface area contributed by atoms with Crippen molar-refractivity contribution in [3.63, 3.8) is 0 Å². The summed E-state index contributed by atoms with van der Waals surface area (Å²) in [5, 5.41) is 10.6. The van der Waals surface area contributed by atoms with Gasteiger partial charge in [0.15, 0.2) is 0 Å². The lowest BCUT2D eigenvalue weighted by Gasteiger charge is -2.35. The molecule has 1 aliphatic heterocycles. The highest BCUT2D eigenvalue weighted by molar-refractivity contribution is 5.76. The Kier molecular flexibility index (Phi) is 4.84. The quantitative estimate of drug-likeness (QED) is 0.612. The van der Waals surface area contributed by atoms with Crippen LogP contribution in [0.4, 0.5) is 5.69 Å². The van der Waals surface area contributed by atoms with Gasteiger partial charge in [0, 0.05) is 31.1 Å². The van der Waals surface area contributed by atoms with Crippen LogP contribution in [0.25, 0.3) is 0 Å². The molecule has 5 nitrogen and oxygen atoms in total. The average Bonchev–Trinajstić information content (AvgIpc) is 2.41. The Labute approximate surface area is 118 Å². The Morgan fingerprint density at radius 1 is 1.35 bits per heavy atom. The molecule has 0 radical (unpaired) electrons. The highest BCUT2D eigenvalue weighted by Crippen LogP contribution is 2.23. The van der Waals surface area contributed by atoms with Crippen LogP contribution in [0.1, 0.15) is 38.2 Å². The third-order valence-electron chi connectivity index (χ3n) is 3.80. The van der Waals surface area contributed by atoms with Crippen LogP contribution in [0.5, 0.6) is 0 Å². The molecule has 108 valence electrons. The fraction of sp³-hybridized carbons (Fsp3) is 0.533. The number of ketones is 1. The van der Waals surface area contributed by atoms with Gasteiger partial charge in [-0.15, -0.1) is 0 Å². The summed E-state index contributed by atoms with van der Waals surface area (Å²) in [6.07, 6.45) is 4.00. The second-order valence-electron chi connectivity index (χ2n) is 5.45. The van der Waals surface area contributed by atoms with Crippen molar-refractivity contribution in [2.45, 2.75) is 45.2 Å². The van der Waals surface area contributed by atoms with E-state index in [2.05, 4.69) is 4.90 Å². The van der Waals surface area contributed by atoms with Crippen LogP contribution in [0.15, 0.2) is 24.3 Å². The fourth-order valence-electron chi connectivity index (χ4n) is 2.79. The van der Waals surface area contributed by atoms with Crippen LogP contribution < -0.4 is 0 Å². The van der Waals surface area contributed by atoms with Gasteiger partial charge in [0.2, 0.25) is 0 Å². The number of hydrogen-bond donors (Lipinski definition) is 0. The molecule has 1 heterocycles. The average molecular weight is 276 g/mol. The predicted molar refractivity (Wildman–Crippen MR) is 76.4 cm³/mol. The number of piperidine rings is 1. The molecule has 2 rings (SSSR count). The van der Waals surface area contributed by atoms with E-state index >= 15 is 0 Å². The van der Waals surface area contributed by atoms with E-state index in [1.54, 1.807) is 31.2 Å². The van der Waals surface area contributed by atoms with E-state index in [0.717, 1.165) is 31.5 Å². The van der Waals surface area contributed by atoms with Crippen LogP contribution >= 0.6 is 0 Å². The zero-order valence-corrected chi connectivity index (χ0v) is 11.7. The van der Waals surface area contributed by atoms with Crippen molar-refractivity contribution in [2.75, 3.05) is 6.54 Å². The van der Waals surface area contributed by atoms with Crippen LogP contribution in [0.3, 0.4) is 0 Å². The number of carbonyl (C=O) groups excluding carboxylic acids is 1. The highest BCUT2D eigenvalue weighted by atomic mass is 16.6. The number of Topliss-reactive ketones (excluding diaryl/α,β-unsaturated/α-hetero) is 1. The summed E-state index contributed by atoms with van der Waals surface area (Å²) in [5.41, 5.74) is 1.18. The lowest BCUT2D eigenvalue weighted by atomic mass is 9.97. The number of nitro benzene ring substituents is 1. The molecule has 0 saturated carbocycles. The Morgan fingerprint density at radius 3 is 2.65 bits per heavy atom. The third-order valence-corrected chi connectivity index (χ3v) is 3.80. The maximum Gasteiger partial charge on any atom is 0.269 e. The van der Waals surface area contributed by atoms with Crippen LogP contribution in [-0.4, -0.2) is 28.2 Å². The lowest BCUT2D eigenvalue weighted by Crippen LogP contribution is -2.39. The minimum Gasteiger partial charge on any atom is -0.300 e. The van der Waals surface area contributed by atoms with E-state index < -0.39 is 0 Å². The molecule has 0 spiro atoms. The molecule has 0 bridgehead atoms. The largest absolute Gasteiger partial charge is 0.300 e. The summed E-state index contributed by atoms with van der Waals surface area (Å²) in [7, 11) is 0. The standard InChI is InChI=1S/C15H20N2O3/c1-12(18)10-15-4-2-3-9-16(15)11-13-5-7-14(8-6-13)17(19)20/h5-8,15H,2-4,9-11H2,1H3. The smallest absolute Gasteiger partial charge is 0.269 e. The van der Waals surface area contributed by atoms with Crippen molar-refractivity contribution in [1.82, 2.24) is 4.90 Å². The molecule has 0 N–H and O–H groups in total. The highest BCUT2D eigenvalue weighted by Gasteiger charge is 2.23. The van der Waals surface area contributed by atoms with Gasteiger partial charge < -0.3 is 0 Å². The molecule has 1 aromatic carbocycles. The first-order valence-corrected chi connectivity index (χ1v) is 7.03. The fourth-order valence-corrected chi connectivity index (χ4v) is 2.79. The molecule has 0 amide bonds. The summed E-state index contributed by atoms with van der Waals surface area (Å²) >= 11 is 0. The van der Waals surface area contributed by atoms with Crippen LogP contribution in [0.2, 0.25) is 0 Å². The number of nitro groups is 1. The zero-order chi connectivity index (χ0) is 14.5. The summed E-state index contributed by atoms with van der Waals surface area (Å²) in [5.74, 6) is 0.227. The maximum absolute atomic E-state index is 11.3. The Hall–Kier alpha value is -1.75. The van der Waals surface area contributed by atoms with E-state index in [9.17, 15) is 14.9 Å². The first-order valence-electron chi connectivity index (χ1n) is 7.03. The van der Waals surface area contributed by atoms with E-state index in [-0.39, 0.29) is 16.4 Å². The molecule has 1 atom stereocenters. The van der Waals surface area contributed by atoms with Crippen molar-refractivity contribution in [1.29, 1.82) is 0 Å². The zero-order valence-electron chi connectivity index (χ0n) is 11.7. The number of carbonyl (C=O) groups is 1. The van der Waals surface area contributed by atoms with Gasteiger partial charge in [-0.05, 0) is 31.9 Å². The second kappa shape index (κ2) is 6.61. The SMILES string of the molecule is CC(=O)CC1CCCCN1Cc1ccc([N+](=O)[O-])cc1. The third kappa shape index (κ3) is 3.87. The summed E-state index contributed by atoms with van der Waals surface area (Å²) < 4.78 is 0. The molecular formula is C15H20N2O3. The van der Waals surface area contributed by atoms with Crippen molar-refractivity contribution in [3.05, 3.63) is 39.9 Å². The molecule has 1 fully saturated rings. The van der Waals surface area contributed by atoms with Gasteiger partial charge in [-0.25, -0.2) is 0 Å². The van der Waals surface area contributed by atoms with Gasteiger partial charge in [-0.1, -0.05) is 18.6 Å². The normalized spacial score (nSPS) is 19.8. The van der Waals surface area contributed by atoms with Crippen molar-refractivity contribution in [2.24, 2.45) is 0 Å². The minimum absolute atomic E-state index is 0.118. The topological polar surface area (TPSA) is 63.5 Å². The first kappa shape index (κ1) is 14.7. The van der Waals surface area contributed by atoms with Gasteiger partial charge in [0.05, 0.1) is 4.92 Å². The van der Waals surface area contributed by atoms with Gasteiger partial charge in [-0.3, -0.25) is 19.8 Å². The van der Waals surface area contributed by atoms with Crippen LogP contribution in [0, 0.1) is 10.1 Å². The van der Waals surface area contributed by atoms with E-state index in [1.165, 1.54) is 6.42 Å². The predicted octanol–water partition coefficient (Wildman–Crippen LogP) is 2.93. The van der Waals surface area contributed by atoms with Gasteiger partial charge in [0.25, 0.3) is 5.69 Å². The van der Waals surface area contributed by atoms with Crippen molar-refractivity contribution < 1.29 is 9.72 Å². The van der Waals surface area contributed by atoms with E-state index in [1.807, 2.05) is 0 Å². The molecule has 1 unspecified atom stereocenters. The van der Waals surface area contributed by atoms with Gasteiger partial charge in [-0.2, -0.15) is 0 Å². The number of benzene rings is 1. The van der Waals surface area contributed by atoms with E-state index in [4.69, 9.17) is 0 Å². The summed E-state index contributed by atoms with van der Waals surface area (Å²) in [4.78, 5) is 23.9. The summed E-state index contributed by atoms with van der Waals surface area (Å²) in [6, 6.07) is 7.00. The van der Waals surface area contributed by atoms with E-state index in [0.29, 0.717) is 12.5 Å². The number of likely N-dealkylation sites (tertiary alicyclic amines) is 1. The van der Waals surface area contributed by atoms with Gasteiger partial charge >= 0.3 is 0 Å². The summed E-state index contributed by atoms with van der Waals surface area (Å²) in [6.45, 7) is 3.39. The molecule has 1 aromatic rings. The molecule has 0 aliphatic carbocycles. The molecule has 1 aliphatic rings. The molecule has 0 aromatic heterocycles. The van der Waals surface area contributed by atoms with Crippen molar-refractivity contribution in [3.8, 4) is 0 Å². The van der Waals surface area contributed by atoms with Crippen LogP contribution in [-0.2, 0) is 11.3 Å². The lowest BCUT2D eigenvalue weighted by molar-refractivity contribution is -0.384.